The van der Waals surface area contributed by atoms with Crippen LogP contribution in [0, 0.1) is 24.7 Å². The van der Waals surface area contributed by atoms with E-state index in [0.29, 0.717) is 24.4 Å². The first-order valence-electron chi connectivity index (χ1n) is 7.06. The zero-order valence-electron chi connectivity index (χ0n) is 12.9. The molecule has 0 aliphatic carbocycles. The fraction of sp³-hybridized carbons (Fsp3) is 0.471. The average Bonchev–Trinajstić information content (AvgIpc) is 2.45. The molecule has 0 bridgehead atoms. The van der Waals surface area contributed by atoms with Crippen molar-refractivity contribution >= 4 is 17.7 Å². The Morgan fingerprint density at radius 3 is 2.90 bits per heavy atom. The number of hydrogen-bond donors (Lipinski definition) is 2. The average molecular weight is 305 g/mol. The Bertz CT molecular complexity index is 531. The number of aliphatic hydroxyl groups excluding tert-OH is 1. The zero-order valence-corrected chi connectivity index (χ0v) is 13.7. The van der Waals surface area contributed by atoms with E-state index in [0.717, 1.165) is 16.9 Å². The van der Waals surface area contributed by atoms with Crippen molar-refractivity contribution in [3.8, 4) is 11.8 Å². The summed E-state index contributed by atoms with van der Waals surface area (Å²) in [6, 6.07) is 5.63. The number of aryl methyl sites for hydroxylation is 1. The standard InChI is InChI=1S/C17H23NO2S/c1-13-7-8-16(15(10-13)6-4-5-9-19)17(20)18-11-14(2)12-21-3/h7-8,10,14,19H,5,9,11-12H2,1-3H3,(H,18,20). The van der Waals surface area contributed by atoms with E-state index < -0.39 is 0 Å². The van der Waals surface area contributed by atoms with Gasteiger partial charge in [0.05, 0.1) is 12.2 Å². The Hall–Kier alpha value is -1.44. The van der Waals surface area contributed by atoms with Gasteiger partial charge in [0.25, 0.3) is 5.91 Å². The lowest BCUT2D eigenvalue weighted by Gasteiger charge is -2.12. The van der Waals surface area contributed by atoms with Crippen LogP contribution < -0.4 is 5.32 Å². The van der Waals surface area contributed by atoms with Gasteiger partial charge >= 0.3 is 0 Å². The SMILES string of the molecule is CSCC(C)CNC(=O)c1ccc(C)cc1C#CCCO. The number of benzene rings is 1. The third kappa shape index (κ3) is 6.24. The van der Waals surface area contributed by atoms with Gasteiger partial charge in [-0.1, -0.05) is 24.8 Å². The Morgan fingerprint density at radius 1 is 1.48 bits per heavy atom. The van der Waals surface area contributed by atoms with Crippen LogP contribution in [0.3, 0.4) is 0 Å². The van der Waals surface area contributed by atoms with Crippen LogP contribution in [0.1, 0.15) is 34.8 Å². The highest BCUT2D eigenvalue weighted by Gasteiger charge is 2.11. The monoisotopic (exact) mass is 305 g/mol. The molecule has 0 heterocycles. The number of nitrogens with one attached hydrogen (secondary N) is 1. The van der Waals surface area contributed by atoms with E-state index in [1.807, 2.05) is 25.1 Å². The minimum Gasteiger partial charge on any atom is -0.395 e. The lowest BCUT2D eigenvalue weighted by Crippen LogP contribution is -2.29. The molecule has 0 saturated carbocycles. The van der Waals surface area contributed by atoms with Crippen LogP contribution in [0.5, 0.6) is 0 Å². The molecule has 1 atom stereocenters. The summed E-state index contributed by atoms with van der Waals surface area (Å²) in [6.07, 6.45) is 2.48. The summed E-state index contributed by atoms with van der Waals surface area (Å²) in [4.78, 5) is 12.3. The van der Waals surface area contributed by atoms with Crippen molar-refractivity contribution in [1.82, 2.24) is 5.32 Å². The smallest absolute Gasteiger partial charge is 0.252 e. The van der Waals surface area contributed by atoms with Crippen LogP contribution in [0.4, 0.5) is 0 Å². The van der Waals surface area contributed by atoms with Gasteiger partial charge in [0.2, 0.25) is 0 Å². The molecule has 4 heteroatoms. The van der Waals surface area contributed by atoms with E-state index in [1.54, 1.807) is 11.8 Å². The summed E-state index contributed by atoms with van der Waals surface area (Å²) in [5.41, 5.74) is 2.39. The third-order valence-corrected chi connectivity index (χ3v) is 3.84. The van der Waals surface area contributed by atoms with Crippen molar-refractivity contribution in [1.29, 1.82) is 0 Å². The quantitative estimate of drug-likeness (QED) is 0.794. The maximum atomic E-state index is 12.3. The van der Waals surface area contributed by atoms with Gasteiger partial charge in [0, 0.05) is 18.5 Å². The topological polar surface area (TPSA) is 49.3 Å². The maximum Gasteiger partial charge on any atom is 0.252 e. The number of thioether (sulfide) groups is 1. The first kappa shape index (κ1) is 17.6. The molecule has 1 aromatic rings. The number of amides is 1. The summed E-state index contributed by atoms with van der Waals surface area (Å²) in [7, 11) is 0. The van der Waals surface area contributed by atoms with Crippen LogP contribution in [-0.2, 0) is 0 Å². The summed E-state index contributed by atoms with van der Waals surface area (Å²) >= 11 is 1.78. The van der Waals surface area contributed by atoms with Crippen LogP contribution in [0.25, 0.3) is 0 Å². The molecular formula is C17H23NO2S. The third-order valence-electron chi connectivity index (χ3n) is 2.94. The minimum atomic E-state index is -0.0868. The van der Waals surface area contributed by atoms with E-state index in [2.05, 4.69) is 30.3 Å². The second-order valence-corrected chi connectivity index (χ2v) is 6.01. The highest BCUT2D eigenvalue weighted by molar-refractivity contribution is 7.98. The molecule has 0 spiro atoms. The van der Waals surface area contributed by atoms with Crippen molar-refractivity contribution < 1.29 is 9.90 Å². The molecule has 0 aromatic heterocycles. The van der Waals surface area contributed by atoms with E-state index in [4.69, 9.17) is 5.11 Å². The predicted molar refractivity (Wildman–Crippen MR) is 89.6 cm³/mol. The van der Waals surface area contributed by atoms with Crippen molar-refractivity contribution in [2.45, 2.75) is 20.3 Å². The molecular weight excluding hydrogens is 282 g/mol. The number of aliphatic hydroxyl groups is 1. The summed E-state index contributed by atoms with van der Waals surface area (Å²) < 4.78 is 0. The molecule has 0 aliphatic rings. The molecule has 0 saturated heterocycles. The Morgan fingerprint density at radius 2 is 2.24 bits per heavy atom. The molecule has 0 fully saturated rings. The number of hydrogen-bond acceptors (Lipinski definition) is 3. The number of carbonyl (C=O) groups excluding carboxylic acids is 1. The van der Waals surface area contributed by atoms with Gasteiger partial charge < -0.3 is 10.4 Å². The van der Waals surface area contributed by atoms with Gasteiger partial charge in [-0.05, 0) is 42.5 Å². The molecule has 114 valence electrons. The Balaban J connectivity index is 2.81. The van der Waals surface area contributed by atoms with Crippen LogP contribution in [0.2, 0.25) is 0 Å². The highest BCUT2D eigenvalue weighted by atomic mass is 32.2. The zero-order chi connectivity index (χ0) is 15.7. The fourth-order valence-electron chi connectivity index (χ4n) is 1.88. The molecule has 1 aromatic carbocycles. The molecule has 21 heavy (non-hydrogen) atoms. The maximum absolute atomic E-state index is 12.3. The minimum absolute atomic E-state index is 0.0343. The summed E-state index contributed by atoms with van der Waals surface area (Å²) in [5.74, 6) is 7.23. The molecule has 3 nitrogen and oxygen atoms in total. The van der Waals surface area contributed by atoms with Gasteiger partial charge in [-0.15, -0.1) is 0 Å². The largest absolute Gasteiger partial charge is 0.395 e. The van der Waals surface area contributed by atoms with Gasteiger partial charge in [0.15, 0.2) is 0 Å². The van der Waals surface area contributed by atoms with E-state index in [9.17, 15) is 4.79 Å². The first-order valence-corrected chi connectivity index (χ1v) is 8.45. The van der Waals surface area contributed by atoms with Crippen molar-refractivity contribution in [2.75, 3.05) is 25.2 Å². The van der Waals surface area contributed by atoms with Crippen LogP contribution >= 0.6 is 11.8 Å². The van der Waals surface area contributed by atoms with Gasteiger partial charge in [0.1, 0.15) is 0 Å². The molecule has 2 N–H and O–H groups in total. The van der Waals surface area contributed by atoms with Crippen molar-refractivity contribution in [3.63, 3.8) is 0 Å². The fourth-order valence-corrected chi connectivity index (χ4v) is 2.57. The van der Waals surface area contributed by atoms with Crippen molar-refractivity contribution in [2.24, 2.45) is 5.92 Å². The highest BCUT2D eigenvalue weighted by Crippen LogP contribution is 2.11. The lowest BCUT2D eigenvalue weighted by molar-refractivity contribution is 0.0949. The summed E-state index contributed by atoms with van der Waals surface area (Å²) in [5, 5.41) is 11.8. The van der Waals surface area contributed by atoms with E-state index in [1.165, 1.54) is 0 Å². The summed E-state index contributed by atoms with van der Waals surface area (Å²) in [6.45, 7) is 4.79. The number of carbonyl (C=O) groups is 1. The lowest BCUT2D eigenvalue weighted by atomic mass is 10.0. The van der Waals surface area contributed by atoms with Gasteiger partial charge in [-0.3, -0.25) is 4.79 Å². The first-order chi connectivity index (χ1) is 10.1. The molecule has 0 aliphatic heterocycles. The predicted octanol–water partition coefficient (Wildman–Crippen LogP) is 2.46. The van der Waals surface area contributed by atoms with Crippen LogP contribution in [0.15, 0.2) is 18.2 Å². The Kier molecular flexibility index (Phi) is 7.96. The van der Waals surface area contributed by atoms with Crippen LogP contribution in [-0.4, -0.2) is 36.2 Å². The van der Waals surface area contributed by atoms with Gasteiger partial charge in [-0.2, -0.15) is 11.8 Å². The molecule has 1 rings (SSSR count). The normalized spacial score (nSPS) is 11.4. The number of rotatable bonds is 6. The second-order valence-electron chi connectivity index (χ2n) is 5.09. The van der Waals surface area contributed by atoms with E-state index in [-0.39, 0.29) is 12.5 Å². The van der Waals surface area contributed by atoms with Gasteiger partial charge in [-0.25, -0.2) is 0 Å². The molecule has 1 unspecified atom stereocenters. The van der Waals surface area contributed by atoms with Crippen molar-refractivity contribution in [3.05, 3.63) is 34.9 Å². The molecule has 0 radical (unpaired) electrons. The van der Waals surface area contributed by atoms with E-state index >= 15 is 0 Å². The Labute approximate surface area is 131 Å². The second kappa shape index (κ2) is 9.49. The molecule has 1 amide bonds.